The topological polar surface area (TPSA) is 53.1 Å². The molecule has 1 atom stereocenters. The van der Waals surface area contributed by atoms with Crippen LogP contribution in [-0.2, 0) is 19.6 Å². The molecule has 0 saturated carbocycles. The average molecular weight is 308 g/mol. The van der Waals surface area contributed by atoms with E-state index in [1.54, 1.807) is 0 Å². The molecule has 0 saturated heterocycles. The molecule has 0 bridgehead atoms. The van der Waals surface area contributed by atoms with Gasteiger partial charge in [0.15, 0.2) is 0 Å². The summed E-state index contributed by atoms with van der Waals surface area (Å²) >= 11 is 6.28. The zero-order chi connectivity index (χ0) is 15.4. The SMILES string of the molecule is CCn1nc(C)c(Cl)c1COc1cccc(CC(C)N)c1. The van der Waals surface area contributed by atoms with Crippen LogP contribution in [0.5, 0.6) is 5.75 Å². The first-order chi connectivity index (χ1) is 10.0. The van der Waals surface area contributed by atoms with Crippen LogP contribution in [-0.4, -0.2) is 15.8 Å². The van der Waals surface area contributed by atoms with Gasteiger partial charge in [-0.1, -0.05) is 23.7 Å². The Hall–Kier alpha value is -1.52. The summed E-state index contributed by atoms with van der Waals surface area (Å²) in [7, 11) is 0. The molecule has 4 nitrogen and oxygen atoms in total. The lowest BCUT2D eigenvalue weighted by Crippen LogP contribution is -2.17. The van der Waals surface area contributed by atoms with E-state index in [1.807, 2.05) is 43.7 Å². The largest absolute Gasteiger partial charge is 0.487 e. The minimum Gasteiger partial charge on any atom is -0.487 e. The number of nitrogens with zero attached hydrogens (tertiary/aromatic N) is 2. The standard InChI is InChI=1S/C16H22ClN3O/c1-4-20-15(16(17)12(3)19-20)10-21-14-7-5-6-13(9-14)8-11(2)18/h5-7,9,11H,4,8,10,18H2,1-3H3. The van der Waals surface area contributed by atoms with E-state index in [0.717, 1.165) is 30.1 Å². The first kappa shape index (κ1) is 15.9. The molecule has 0 amide bonds. The van der Waals surface area contributed by atoms with E-state index in [4.69, 9.17) is 22.1 Å². The van der Waals surface area contributed by atoms with Gasteiger partial charge in [-0.05, 0) is 44.9 Å². The summed E-state index contributed by atoms with van der Waals surface area (Å²) in [5.74, 6) is 0.825. The van der Waals surface area contributed by atoms with Gasteiger partial charge in [0.1, 0.15) is 12.4 Å². The molecule has 0 radical (unpaired) electrons. The highest BCUT2D eigenvalue weighted by molar-refractivity contribution is 6.31. The number of rotatable bonds is 6. The molecule has 0 spiro atoms. The van der Waals surface area contributed by atoms with Gasteiger partial charge in [0.2, 0.25) is 0 Å². The maximum Gasteiger partial charge on any atom is 0.131 e. The summed E-state index contributed by atoms with van der Waals surface area (Å²) in [6.45, 7) is 7.12. The van der Waals surface area contributed by atoms with Crippen molar-refractivity contribution in [2.75, 3.05) is 0 Å². The Morgan fingerprint density at radius 1 is 1.43 bits per heavy atom. The molecule has 2 aromatic rings. The maximum atomic E-state index is 6.28. The number of aromatic nitrogens is 2. The van der Waals surface area contributed by atoms with Gasteiger partial charge in [0.05, 0.1) is 16.4 Å². The van der Waals surface area contributed by atoms with Crippen LogP contribution in [0.2, 0.25) is 5.02 Å². The highest BCUT2D eigenvalue weighted by Gasteiger charge is 2.13. The monoisotopic (exact) mass is 307 g/mol. The van der Waals surface area contributed by atoms with E-state index in [1.165, 1.54) is 5.56 Å². The number of aryl methyl sites for hydroxylation is 2. The van der Waals surface area contributed by atoms with Crippen LogP contribution in [0.15, 0.2) is 24.3 Å². The summed E-state index contributed by atoms with van der Waals surface area (Å²) < 4.78 is 7.74. The van der Waals surface area contributed by atoms with Crippen LogP contribution < -0.4 is 10.5 Å². The Morgan fingerprint density at radius 2 is 2.19 bits per heavy atom. The fourth-order valence-electron chi connectivity index (χ4n) is 2.29. The third kappa shape index (κ3) is 3.99. The van der Waals surface area contributed by atoms with Crippen molar-refractivity contribution in [1.82, 2.24) is 9.78 Å². The molecule has 0 aliphatic carbocycles. The van der Waals surface area contributed by atoms with Crippen molar-refractivity contribution in [3.63, 3.8) is 0 Å². The minimum absolute atomic E-state index is 0.138. The fraction of sp³-hybridized carbons (Fsp3) is 0.438. The van der Waals surface area contributed by atoms with Crippen LogP contribution in [0.3, 0.4) is 0 Å². The molecule has 0 aliphatic heterocycles. The Balaban J connectivity index is 2.10. The summed E-state index contributed by atoms with van der Waals surface area (Å²) in [5.41, 5.74) is 8.75. The van der Waals surface area contributed by atoms with E-state index >= 15 is 0 Å². The third-order valence-corrected chi connectivity index (χ3v) is 3.78. The van der Waals surface area contributed by atoms with E-state index in [-0.39, 0.29) is 6.04 Å². The zero-order valence-electron chi connectivity index (χ0n) is 12.8. The summed E-state index contributed by atoms with van der Waals surface area (Å²) in [6, 6.07) is 8.15. The summed E-state index contributed by atoms with van der Waals surface area (Å²) in [5, 5.41) is 5.07. The molecule has 1 unspecified atom stereocenters. The second-order valence-corrected chi connectivity index (χ2v) is 5.66. The fourth-order valence-corrected chi connectivity index (χ4v) is 2.48. The van der Waals surface area contributed by atoms with Gasteiger partial charge in [-0.2, -0.15) is 5.10 Å². The first-order valence-corrected chi connectivity index (χ1v) is 7.58. The first-order valence-electron chi connectivity index (χ1n) is 7.20. The highest BCUT2D eigenvalue weighted by atomic mass is 35.5. The predicted molar refractivity (Wildman–Crippen MR) is 85.8 cm³/mol. The predicted octanol–water partition coefficient (Wildman–Crippen LogP) is 3.33. The van der Waals surface area contributed by atoms with Crippen LogP contribution in [0, 0.1) is 6.92 Å². The number of ether oxygens (including phenoxy) is 1. The lowest BCUT2D eigenvalue weighted by molar-refractivity contribution is 0.292. The number of hydrogen-bond donors (Lipinski definition) is 1. The van der Waals surface area contributed by atoms with Crippen molar-refractivity contribution < 1.29 is 4.74 Å². The molecule has 0 fully saturated rings. The van der Waals surface area contributed by atoms with Crippen molar-refractivity contribution in [3.05, 3.63) is 46.2 Å². The molecule has 5 heteroatoms. The Kier molecular flexibility index (Phi) is 5.26. The Labute approximate surface area is 130 Å². The lowest BCUT2D eigenvalue weighted by Gasteiger charge is -2.10. The van der Waals surface area contributed by atoms with Crippen LogP contribution >= 0.6 is 11.6 Å². The smallest absolute Gasteiger partial charge is 0.131 e. The van der Waals surface area contributed by atoms with Crippen molar-refractivity contribution in [2.45, 2.75) is 46.4 Å². The van der Waals surface area contributed by atoms with Gasteiger partial charge < -0.3 is 10.5 Å². The van der Waals surface area contributed by atoms with E-state index in [9.17, 15) is 0 Å². The second-order valence-electron chi connectivity index (χ2n) is 5.28. The maximum absolute atomic E-state index is 6.28. The molecule has 2 N–H and O–H groups in total. The molecular formula is C16H22ClN3O. The highest BCUT2D eigenvalue weighted by Crippen LogP contribution is 2.23. The van der Waals surface area contributed by atoms with E-state index < -0.39 is 0 Å². The lowest BCUT2D eigenvalue weighted by atomic mass is 10.1. The van der Waals surface area contributed by atoms with Gasteiger partial charge >= 0.3 is 0 Å². The molecule has 21 heavy (non-hydrogen) atoms. The van der Waals surface area contributed by atoms with Gasteiger partial charge in [-0.3, -0.25) is 4.68 Å². The van der Waals surface area contributed by atoms with Crippen LogP contribution in [0.4, 0.5) is 0 Å². The van der Waals surface area contributed by atoms with Crippen molar-refractivity contribution in [1.29, 1.82) is 0 Å². The summed E-state index contributed by atoms with van der Waals surface area (Å²) in [6.07, 6.45) is 0.837. The van der Waals surface area contributed by atoms with Gasteiger partial charge in [-0.25, -0.2) is 0 Å². The normalized spacial score (nSPS) is 12.4. The van der Waals surface area contributed by atoms with Crippen molar-refractivity contribution in [3.8, 4) is 5.75 Å². The van der Waals surface area contributed by atoms with Gasteiger partial charge in [-0.15, -0.1) is 0 Å². The Bertz CT molecular complexity index is 608. The zero-order valence-corrected chi connectivity index (χ0v) is 13.5. The molecule has 1 aromatic heterocycles. The molecule has 114 valence electrons. The van der Waals surface area contributed by atoms with Gasteiger partial charge in [0.25, 0.3) is 0 Å². The quantitative estimate of drug-likeness (QED) is 0.890. The van der Waals surface area contributed by atoms with Crippen LogP contribution in [0.1, 0.15) is 30.8 Å². The molecule has 1 aromatic carbocycles. The third-order valence-electron chi connectivity index (χ3n) is 3.28. The van der Waals surface area contributed by atoms with Crippen molar-refractivity contribution in [2.24, 2.45) is 5.73 Å². The van der Waals surface area contributed by atoms with E-state index in [0.29, 0.717) is 11.6 Å². The van der Waals surface area contributed by atoms with Crippen LogP contribution in [0.25, 0.3) is 0 Å². The molecule has 0 aliphatic rings. The summed E-state index contributed by atoms with van der Waals surface area (Å²) in [4.78, 5) is 0. The molecule has 2 rings (SSSR count). The minimum atomic E-state index is 0.138. The molecular weight excluding hydrogens is 286 g/mol. The number of benzene rings is 1. The number of halogens is 1. The molecule has 1 heterocycles. The van der Waals surface area contributed by atoms with E-state index in [2.05, 4.69) is 11.2 Å². The number of nitrogens with two attached hydrogens (primary N) is 1. The van der Waals surface area contributed by atoms with Gasteiger partial charge in [0, 0.05) is 12.6 Å². The van der Waals surface area contributed by atoms with Crippen molar-refractivity contribution >= 4 is 11.6 Å². The second kappa shape index (κ2) is 6.96. The Morgan fingerprint density at radius 3 is 2.86 bits per heavy atom. The number of hydrogen-bond acceptors (Lipinski definition) is 3. The average Bonchev–Trinajstić information content (AvgIpc) is 2.71.